The van der Waals surface area contributed by atoms with Crippen molar-refractivity contribution in [3.05, 3.63) is 63.3 Å². The van der Waals surface area contributed by atoms with E-state index in [0.29, 0.717) is 12.1 Å². The molecule has 1 aromatic carbocycles. The molecule has 0 saturated heterocycles. The largest absolute Gasteiger partial charge is 0.505 e. The second kappa shape index (κ2) is 9.94. The van der Waals surface area contributed by atoms with Crippen molar-refractivity contribution in [2.45, 2.75) is 32.4 Å². The summed E-state index contributed by atoms with van der Waals surface area (Å²) in [7, 11) is 1.47. The van der Waals surface area contributed by atoms with E-state index in [9.17, 15) is 23.9 Å². The van der Waals surface area contributed by atoms with Crippen LogP contribution >= 0.6 is 0 Å². The minimum absolute atomic E-state index is 0.0118. The van der Waals surface area contributed by atoms with E-state index < -0.39 is 34.3 Å². The van der Waals surface area contributed by atoms with E-state index >= 15 is 0 Å². The Morgan fingerprint density at radius 2 is 2.00 bits per heavy atom. The highest BCUT2D eigenvalue weighted by molar-refractivity contribution is 6.03. The van der Waals surface area contributed by atoms with Crippen LogP contribution in [0.3, 0.4) is 0 Å². The molecule has 0 radical (unpaired) electrons. The number of benzene rings is 1. The molecular weight excluding hydrogens is 471 g/mol. The summed E-state index contributed by atoms with van der Waals surface area (Å²) in [6.45, 7) is 3.79. The quantitative estimate of drug-likeness (QED) is 0.401. The van der Waals surface area contributed by atoms with Crippen molar-refractivity contribution in [2.75, 3.05) is 26.8 Å². The Kier molecular flexibility index (Phi) is 6.93. The summed E-state index contributed by atoms with van der Waals surface area (Å²) >= 11 is 0. The fraction of sp³-hybridized carbons (Fsp3) is 0.360. The van der Waals surface area contributed by atoms with Gasteiger partial charge in [0.05, 0.1) is 13.2 Å². The SMILES string of the molecule is CCNC(=O)C1(C)Cn2c(=O)c(C(=O)NCCOC)c(O)c3ncc(Cc4ccc(F)cc4)c(c32)O1. The maximum atomic E-state index is 13.5. The van der Waals surface area contributed by atoms with Crippen molar-refractivity contribution in [1.29, 1.82) is 0 Å². The molecule has 0 aliphatic carbocycles. The normalized spacial score (nSPS) is 16.4. The van der Waals surface area contributed by atoms with Gasteiger partial charge in [-0.3, -0.25) is 23.9 Å². The van der Waals surface area contributed by atoms with Crippen LogP contribution < -0.4 is 20.9 Å². The van der Waals surface area contributed by atoms with Crippen molar-refractivity contribution in [3.63, 3.8) is 0 Å². The highest BCUT2D eigenvalue weighted by Gasteiger charge is 2.43. The number of carbonyl (C=O) groups excluding carboxylic acids is 2. The first-order chi connectivity index (χ1) is 17.2. The van der Waals surface area contributed by atoms with Crippen molar-refractivity contribution >= 4 is 22.8 Å². The number of methoxy groups -OCH3 is 1. The van der Waals surface area contributed by atoms with Gasteiger partial charge in [-0.1, -0.05) is 12.1 Å². The van der Waals surface area contributed by atoms with Gasteiger partial charge in [-0.2, -0.15) is 0 Å². The maximum absolute atomic E-state index is 13.5. The molecule has 190 valence electrons. The number of pyridine rings is 2. The van der Waals surface area contributed by atoms with Gasteiger partial charge in [0.2, 0.25) is 5.60 Å². The highest BCUT2D eigenvalue weighted by Crippen LogP contribution is 2.40. The van der Waals surface area contributed by atoms with Crippen molar-refractivity contribution in [2.24, 2.45) is 0 Å². The van der Waals surface area contributed by atoms with Crippen LogP contribution in [0.25, 0.3) is 11.0 Å². The van der Waals surface area contributed by atoms with E-state index in [-0.39, 0.29) is 48.7 Å². The molecule has 0 fully saturated rings. The van der Waals surface area contributed by atoms with Crippen molar-refractivity contribution in [3.8, 4) is 11.5 Å². The summed E-state index contributed by atoms with van der Waals surface area (Å²) in [5, 5.41) is 16.2. The molecule has 11 heteroatoms. The molecule has 3 aromatic rings. The molecule has 0 spiro atoms. The topological polar surface area (TPSA) is 132 Å². The number of nitrogens with zero attached hydrogens (tertiary/aromatic N) is 2. The van der Waals surface area contributed by atoms with Crippen LogP contribution in [-0.4, -0.2) is 58.9 Å². The van der Waals surface area contributed by atoms with Gasteiger partial charge in [0, 0.05) is 38.4 Å². The molecule has 0 saturated carbocycles. The minimum atomic E-state index is -1.49. The van der Waals surface area contributed by atoms with Gasteiger partial charge in [-0.05, 0) is 31.5 Å². The first-order valence-electron chi connectivity index (χ1n) is 11.5. The summed E-state index contributed by atoms with van der Waals surface area (Å²) < 4.78 is 25.8. The summed E-state index contributed by atoms with van der Waals surface area (Å²) in [6, 6.07) is 5.86. The zero-order chi connectivity index (χ0) is 26.0. The zero-order valence-corrected chi connectivity index (χ0v) is 20.2. The van der Waals surface area contributed by atoms with Gasteiger partial charge in [0.25, 0.3) is 17.4 Å². The van der Waals surface area contributed by atoms with E-state index in [2.05, 4.69) is 15.6 Å². The fourth-order valence-electron chi connectivity index (χ4n) is 4.20. The van der Waals surface area contributed by atoms with Gasteiger partial charge in [-0.15, -0.1) is 0 Å². The van der Waals surface area contributed by atoms with E-state index in [4.69, 9.17) is 9.47 Å². The number of aromatic nitrogens is 2. The molecule has 36 heavy (non-hydrogen) atoms. The number of nitrogens with one attached hydrogen (secondary N) is 2. The van der Waals surface area contributed by atoms with Crippen LogP contribution in [0.4, 0.5) is 4.39 Å². The van der Waals surface area contributed by atoms with Crippen LogP contribution in [0.5, 0.6) is 11.5 Å². The van der Waals surface area contributed by atoms with Gasteiger partial charge >= 0.3 is 0 Å². The summed E-state index contributed by atoms with van der Waals surface area (Å²) in [4.78, 5) is 43.6. The molecule has 2 amide bonds. The number of hydrogen-bond acceptors (Lipinski definition) is 7. The van der Waals surface area contributed by atoms with Crippen LogP contribution in [0.2, 0.25) is 0 Å². The molecular formula is C25H27FN4O6. The van der Waals surface area contributed by atoms with Crippen molar-refractivity contribution < 1.29 is 28.6 Å². The van der Waals surface area contributed by atoms with Gasteiger partial charge in [0.1, 0.15) is 22.4 Å². The van der Waals surface area contributed by atoms with E-state index in [0.717, 1.165) is 5.56 Å². The monoisotopic (exact) mass is 498 g/mol. The van der Waals surface area contributed by atoms with Crippen LogP contribution in [-0.2, 0) is 22.5 Å². The molecule has 3 N–H and O–H groups in total. The lowest BCUT2D eigenvalue weighted by Crippen LogP contribution is -2.55. The third-order valence-corrected chi connectivity index (χ3v) is 6.00. The maximum Gasteiger partial charge on any atom is 0.268 e. The van der Waals surface area contributed by atoms with E-state index in [1.807, 2.05) is 0 Å². The van der Waals surface area contributed by atoms with Gasteiger partial charge < -0.3 is 25.2 Å². The number of carbonyl (C=O) groups is 2. The molecule has 10 nitrogen and oxygen atoms in total. The predicted octanol–water partition coefficient (Wildman–Crippen LogP) is 1.50. The molecule has 1 atom stereocenters. The van der Waals surface area contributed by atoms with Crippen LogP contribution in [0, 0.1) is 5.82 Å². The zero-order valence-electron chi connectivity index (χ0n) is 20.2. The number of likely N-dealkylation sites (N-methyl/N-ethyl adjacent to an activating group) is 1. The third-order valence-electron chi connectivity index (χ3n) is 6.00. The highest BCUT2D eigenvalue weighted by atomic mass is 19.1. The molecule has 1 aliphatic rings. The Bertz CT molecular complexity index is 1390. The molecule has 0 bridgehead atoms. The number of hydrogen-bond donors (Lipinski definition) is 3. The third kappa shape index (κ3) is 4.49. The van der Waals surface area contributed by atoms with Gasteiger partial charge in [0.15, 0.2) is 11.5 Å². The first-order valence-corrected chi connectivity index (χ1v) is 11.5. The Balaban J connectivity index is 1.91. The molecule has 1 aliphatic heterocycles. The number of amides is 2. The summed E-state index contributed by atoms with van der Waals surface area (Å²) in [5.74, 6) is -2.01. The number of aromatic hydroxyl groups is 1. The smallest absolute Gasteiger partial charge is 0.268 e. The average molecular weight is 499 g/mol. The van der Waals surface area contributed by atoms with E-state index in [1.165, 1.54) is 30.0 Å². The Labute approximate surface area is 206 Å². The lowest BCUT2D eigenvalue weighted by Gasteiger charge is -2.36. The Hall–Kier alpha value is -3.99. The molecule has 3 heterocycles. The molecule has 2 aromatic heterocycles. The summed E-state index contributed by atoms with van der Waals surface area (Å²) in [5.41, 5.74) is -1.32. The Morgan fingerprint density at radius 1 is 1.28 bits per heavy atom. The number of rotatable bonds is 8. The van der Waals surface area contributed by atoms with E-state index in [1.54, 1.807) is 26.0 Å². The van der Waals surface area contributed by atoms with Crippen LogP contribution in [0.15, 0.2) is 35.3 Å². The Morgan fingerprint density at radius 3 is 2.67 bits per heavy atom. The summed E-state index contributed by atoms with van der Waals surface area (Å²) in [6.07, 6.45) is 1.71. The van der Waals surface area contributed by atoms with Crippen LogP contribution in [0.1, 0.15) is 35.3 Å². The number of halogens is 1. The van der Waals surface area contributed by atoms with Crippen molar-refractivity contribution in [1.82, 2.24) is 20.2 Å². The standard InChI is InChI=1S/C25H27FN4O6/c1-4-27-24(34)25(2)13-30-19-18(20(31)17(23(30)33)22(32)28-9-10-35-3)29-12-15(21(19)36-25)11-14-5-7-16(26)8-6-14/h5-8,12,31H,4,9-11,13H2,1-3H3,(H,27,34)(H,28,32). The minimum Gasteiger partial charge on any atom is -0.505 e. The lowest BCUT2D eigenvalue weighted by atomic mass is 9.98. The molecule has 1 unspecified atom stereocenters. The second-order valence-corrected chi connectivity index (χ2v) is 8.67. The fourth-order valence-corrected chi connectivity index (χ4v) is 4.20. The predicted molar refractivity (Wildman–Crippen MR) is 129 cm³/mol. The second-order valence-electron chi connectivity index (χ2n) is 8.67. The first kappa shape index (κ1) is 25.1. The average Bonchev–Trinajstić information content (AvgIpc) is 2.85. The van der Waals surface area contributed by atoms with Gasteiger partial charge in [-0.25, -0.2) is 4.39 Å². The lowest BCUT2D eigenvalue weighted by molar-refractivity contribution is -0.137. The number of ether oxygens (including phenoxy) is 2. The molecule has 4 rings (SSSR count).